The Hall–Kier alpha value is -2.59. The van der Waals surface area contributed by atoms with Crippen molar-refractivity contribution < 1.29 is 31.5 Å². The van der Waals surface area contributed by atoms with E-state index in [4.69, 9.17) is 0 Å². The van der Waals surface area contributed by atoms with Gasteiger partial charge in [0.05, 0.1) is 23.2 Å². The van der Waals surface area contributed by atoms with E-state index in [-0.39, 0.29) is 17.1 Å². The van der Waals surface area contributed by atoms with Crippen LogP contribution in [0.5, 0.6) is 0 Å². The molecule has 146 valence electrons. The molecule has 0 aromatic heterocycles. The van der Waals surface area contributed by atoms with Crippen molar-refractivity contribution in [2.75, 3.05) is 16.2 Å². The average Bonchev–Trinajstić information content (AvgIpc) is 2.60. The van der Waals surface area contributed by atoms with Gasteiger partial charge in [0.25, 0.3) is 10.0 Å². The van der Waals surface area contributed by atoms with Crippen molar-refractivity contribution in [3.05, 3.63) is 54.6 Å². The summed E-state index contributed by atoms with van der Waals surface area (Å²) in [5.41, 5.74) is 0.130. The maximum Gasteiger partial charge on any atom is 0.471 e. The van der Waals surface area contributed by atoms with Crippen LogP contribution in [0, 0.1) is 0 Å². The van der Waals surface area contributed by atoms with Crippen molar-refractivity contribution in [2.45, 2.75) is 24.1 Å². The Balaban J connectivity index is 2.32. The molecule has 10 heteroatoms. The second-order valence-corrected chi connectivity index (χ2v) is 7.56. The van der Waals surface area contributed by atoms with E-state index in [1.165, 1.54) is 6.92 Å². The van der Waals surface area contributed by atoms with Gasteiger partial charge in [-0.1, -0.05) is 18.2 Å². The molecular formula is C17H17F3N2O4S. The molecule has 0 spiro atoms. The first-order valence-corrected chi connectivity index (χ1v) is 9.20. The van der Waals surface area contributed by atoms with Gasteiger partial charge in [0.2, 0.25) is 0 Å². The standard InChI is InChI=1S/C17H17F3N2O4S/c1-12(23)11-22(14-5-3-2-4-6-14)27(25,26)15-9-7-13(8-10-15)21-16(24)17(18,19)20/h2-10,12,23H,11H2,1H3,(H,21,24). The van der Waals surface area contributed by atoms with E-state index < -0.39 is 28.2 Å². The minimum atomic E-state index is -5.05. The van der Waals surface area contributed by atoms with Crippen molar-refractivity contribution in [3.8, 4) is 0 Å². The number of aliphatic hydroxyl groups excluding tert-OH is 1. The highest BCUT2D eigenvalue weighted by Crippen LogP contribution is 2.25. The summed E-state index contributed by atoms with van der Waals surface area (Å²) in [7, 11) is -4.08. The molecule has 0 saturated carbocycles. The maximum absolute atomic E-state index is 12.9. The Morgan fingerprint density at radius 3 is 2.15 bits per heavy atom. The summed E-state index contributed by atoms with van der Waals surface area (Å²) < 4.78 is 63.7. The van der Waals surface area contributed by atoms with Gasteiger partial charge in [0.15, 0.2) is 0 Å². The molecule has 0 radical (unpaired) electrons. The fourth-order valence-electron chi connectivity index (χ4n) is 2.22. The highest BCUT2D eigenvalue weighted by molar-refractivity contribution is 7.92. The van der Waals surface area contributed by atoms with E-state index in [1.807, 2.05) is 0 Å². The van der Waals surface area contributed by atoms with Crippen LogP contribution in [0.4, 0.5) is 24.5 Å². The number of amides is 1. The molecule has 27 heavy (non-hydrogen) atoms. The van der Waals surface area contributed by atoms with Crippen LogP contribution < -0.4 is 9.62 Å². The zero-order valence-corrected chi connectivity index (χ0v) is 15.0. The molecule has 0 bridgehead atoms. The van der Waals surface area contributed by atoms with Crippen LogP contribution in [0.25, 0.3) is 0 Å². The number of anilines is 2. The summed E-state index contributed by atoms with van der Waals surface area (Å²) in [6.45, 7) is 1.22. The number of carbonyl (C=O) groups is 1. The van der Waals surface area contributed by atoms with E-state index in [0.29, 0.717) is 5.69 Å². The van der Waals surface area contributed by atoms with Gasteiger partial charge < -0.3 is 10.4 Å². The van der Waals surface area contributed by atoms with Crippen molar-refractivity contribution in [3.63, 3.8) is 0 Å². The molecule has 0 heterocycles. The Morgan fingerprint density at radius 2 is 1.67 bits per heavy atom. The highest BCUT2D eigenvalue weighted by Gasteiger charge is 2.38. The first-order chi connectivity index (χ1) is 12.5. The lowest BCUT2D eigenvalue weighted by Gasteiger charge is -2.25. The third-order valence-corrected chi connectivity index (χ3v) is 5.24. The number of aliphatic hydroxyl groups is 1. The van der Waals surface area contributed by atoms with Crippen molar-refractivity contribution in [1.82, 2.24) is 0 Å². The fraction of sp³-hybridized carbons (Fsp3) is 0.235. The molecule has 0 aliphatic carbocycles. The van der Waals surface area contributed by atoms with Gasteiger partial charge in [0, 0.05) is 5.69 Å². The first kappa shape index (κ1) is 20.7. The molecule has 2 aromatic carbocycles. The number of hydrogen-bond donors (Lipinski definition) is 2. The molecule has 0 aliphatic rings. The lowest BCUT2D eigenvalue weighted by atomic mass is 10.3. The molecule has 0 saturated heterocycles. The van der Waals surface area contributed by atoms with Crippen LogP contribution >= 0.6 is 0 Å². The third-order valence-electron chi connectivity index (χ3n) is 3.43. The minimum absolute atomic E-state index is 0.196. The van der Waals surface area contributed by atoms with Crippen molar-refractivity contribution in [2.24, 2.45) is 0 Å². The van der Waals surface area contributed by atoms with Gasteiger partial charge in [-0.15, -0.1) is 0 Å². The summed E-state index contributed by atoms with van der Waals surface area (Å²) in [5, 5.41) is 11.3. The fourth-order valence-corrected chi connectivity index (χ4v) is 3.76. The number of carbonyl (C=O) groups excluding carboxylic acids is 1. The SMILES string of the molecule is CC(O)CN(c1ccccc1)S(=O)(=O)c1ccc(NC(=O)C(F)(F)F)cc1. The summed E-state index contributed by atoms with van der Waals surface area (Å²) in [6, 6.07) is 12.4. The number of para-hydroxylation sites is 1. The predicted octanol–water partition coefficient (Wildman–Crippen LogP) is 2.76. The number of rotatable bonds is 6. The third kappa shape index (κ3) is 5.20. The number of halogens is 3. The maximum atomic E-state index is 12.9. The Morgan fingerprint density at radius 1 is 1.11 bits per heavy atom. The Labute approximate surface area is 154 Å². The number of nitrogens with one attached hydrogen (secondary N) is 1. The van der Waals surface area contributed by atoms with Crippen LogP contribution in [0.15, 0.2) is 59.5 Å². The molecule has 1 amide bonds. The van der Waals surface area contributed by atoms with Gasteiger partial charge in [-0.25, -0.2) is 8.42 Å². The topological polar surface area (TPSA) is 86.7 Å². The largest absolute Gasteiger partial charge is 0.471 e. The number of benzene rings is 2. The minimum Gasteiger partial charge on any atom is -0.392 e. The van der Waals surface area contributed by atoms with E-state index in [9.17, 15) is 31.5 Å². The van der Waals surface area contributed by atoms with Crippen LogP contribution in [-0.2, 0) is 14.8 Å². The monoisotopic (exact) mass is 402 g/mol. The molecule has 0 aliphatic heterocycles. The molecule has 1 unspecified atom stereocenters. The molecular weight excluding hydrogens is 385 g/mol. The predicted molar refractivity (Wildman–Crippen MR) is 93.8 cm³/mol. The summed E-state index contributed by atoms with van der Waals surface area (Å²) >= 11 is 0. The lowest BCUT2D eigenvalue weighted by molar-refractivity contribution is -0.167. The normalized spacial score (nSPS) is 13.1. The van der Waals surface area contributed by atoms with Gasteiger partial charge >= 0.3 is 12.1 Å². The highest BCUT2D eigenvalue weighted by atomic mass is 32.2. The first-order valence-electron chi connectivity index (χ1n) is 7.76. The summed E-state index contributed by atoms with van der Waals surface area (Å²) in [4.78, 5) is 10.7. The number of alkyl halides is 3. The smallest absolute Gasteiger partial charge is 0.392 e. The molecule has 1 atom stereocenters. The number of nitrogens with zero attached hydrogens (tertiary/aromatic N) is 1. The Kier molecular flexibility index (Phi) is 6.11. The second-order valence-electron chi connectivity index (χ2n) is 5.70. The van der Waals surface area contributed by atoms with E-state index >= 15 is 0 Å². The number of sulfonamides is 1. The number of hydrogen-bond acceptors (Lipinski definition) is 4. The Bertz CT molecular complexity index is 883. The van der Waals surface area contributed by atoms with E-state index in [1.54, 1.807) is 35.6 Å². The van der Waals surface area contributed by atoms with Crippen LogP contribution in [0.2, 0.25) is 0 Å². The van der Waals surface area contributed by atoms with E-state index in [2.05, 4.69) is 0 Å². The van der Waals surface area contributed by atoms with Crippen LogP contribution in [0.1, 0.15) is 6.92 Å². The van der Waals surface area contributed by atoms with Crippen LogP contribution in [0.3, 0.4) is 0 Å². The molecule has 2 N–H and O–H groups in total. The van der Waals surface area contributed by atoms with Gasteiger partial charge in [0.1, 0.15) is 0 Å². The molecule has 2 rings (SSSR count). The zero-order chi connectivity index (χ0) is 20.2. The van der Waals surface area contributed by atoms with Crippen LogP contribution in [-0.4, -0.2) is 38.3 Å². The van der Waals surface area contributed by atoms with Gasteiger partial charge in [-0.2, -0.15) is 13.2 Å². The van der Waals surface area contributed by atoms with Gasteiger partial charge in [-0.3, -0.25) is 9.10 Å². The second kappa shape index (κ2) is 7.97. The quantitative estimate of drug-likeness (QED) is 0.778. The summed E-state index contributed by atoms with van der Waals surface area (Å²) in [5.74, 6) is -2.15. The molecule has 6 nitrogen and oxygen atoms in total. The van der Waals surface area contributed by atoms with Crippen molar-refractivity contribution in [1.29, 1.82) is 0 Å². The molecule has 2 aromatic rings. The van der Waals surface area contributed by atoms with Crippen molar-refractivity contribution >= 4 is 27.3 Å². The summed E-state index contributed by atoms with van der Waals surface area (Å²) in [6.07, 6.45) is -6.00. The zero-order valence-electron chi connectivity index (χ0n) is 14.1. The average molecular weight is 402 g/mol. The van der Waals surface area contributed by atoms with Gasteiger partial charge in [-0.05, 0) is 43.3 Å². The molecule has 0 fully saturated rings. The van der Waals surface area contributed by atoms with E-state index in [0.717, 1.165) is 28.6 Å². The lowest BCUT2D eigenvalue weighted by Crippen LogP contribution is -2.36.